The van der Waals surface area contributed by atoms with Gasteiger partial charge in [0, 0.05) is 41.2 Å². The highest BCUT2D eigenvalue weighted by atomic mass is 35.5. The molecule has 0 saturated heterocycles. The van der Waals surface area contributed by atoms with Crippen molar-refractivity contribution in [1.82, 2.24) is 15.2 Å². The number of carboxylic acid groups (broad SMARTS) is 1. The Morgan fingerprint density at radius 1 is 1.03 bits per heavy atom. The Morgan fingerprint density at radius 2 is 1.75 bits per heavy atom. The van der Waals surface area contributed by atoms with Crippen molar-refractivity contribution in [2.24, 2.45) is 0 Å². The largest absolute Gasteiger partial charge is 0.497 e. The Hall–Kier alpha value is -3.48. The normalized spacial score (nSPS) is 11.2. The molecule has 0 aliphatic rings. The summed E-state index contributed by atoms with van der Waals surface area (Å²) in [6.07, 6.45) is 6.13. The average Bonchev–Trinajstić information content (AvgIpc) is 2.80. The molecule has 0 radical (unpaired) electrons. The van der Waals surface area contributed by atoms with E-state index in [0.29, 0.717) is 27.9 Å². The zero-order valence-corrected chi connectivity index (χ0v) is 18.4. The van der Waals surface area contributed by atoms with E-state index >= 15 is 0 Å². The van der Waals surface area contributed by atoms with Gasteiger partial charge in [-0.3, -0.25) is 4.98 Å². The third-order valence-electron chi connectivity index (χ3n) is 4.96. The lowest BCUT2D eigenvalue weighted by atomic mass is 9.99. The number of aliphatic carboxylic acids is 1. The van der Waals surface area contributed by atoms with Crippen molar-refractivity contribution in [2.75, 3.05) is 7.11 Å². The number of carbonyl (C=O) groups is 1. The van der Waals surface area contributed by atoms with E-state index in [9.17, 15) is 4.79 Å². The van der Waals surface area contributed by atoms with E-state index in [4.69, 9.17) is 33.0 Å². The number of hydrogen-bond donors (Lipinski definition) is 1. The second kappa shape index (κ2) is 9.34. The number of fused-ring (bicyclic) bond motifs is 1. The fourth-order valence-corrected chi connectivity index (χ4v) is 3.85. The van der Waals surface area contributed by atoms with Gasteiger partial charge in [-0.25, -0.2) is 4.79 Å². The highest BCUT2D eigenvalue weighted by Crippen LogP contribution is 2.33. The molecule has 0 bridgehead atoms. The molecule has 1 N–H and O–H groups in total. The van der Waals surface area contributed by atoms with Gasteiger partial charge in [-0.1, -0.05) is 47.5 Å². The molecule has 0 amide bonds. The zero-order valence-electron chi connectivity index (χ0n) is 16.9. The van der Waals surface area contributed by atoms with Gasteiger partial charge in [0.25, 0.3) is 0 Å². The summed E-state index contributed by atoms with van der Waals surface area (Å²) in [5.41, 5.74) is 3.75. The maximum atomic E-state index is 10.7. The van der Waals surface area contributed by atoms with E-state index in [1.165, 1.54) is 6.08 Å². The summed E-state index contributed by atoms with van der Waals surface area (Å²) < 4.78 is 5.42. The van der Waals surface area contributed by atoms with Crippen molar-refractivity contribution in [3.63, 3.8) is 0 Å². The quantitative estimate of drug-likeness (QED) is 0.367. The maximum Gasteiger partial charge on any atom is 0.328 e. The van der Waals surface area contributed by atoms with Gasteiger partial charge in [-0.15, -0.1) is 5.10 Å². The summed E-state index contributed by atoms with van der Waals surface area (Å²) in [4.78, 5) is 14.7. The van der Waals surface area contributed by atoms with Gasteiger partial charge in [-0.05, 0) is 35.4 Å². The van der Waals surface area contributed by atoms with Crippen LogP contribution in [0.4, 0.5) is 0 Å². The Balaban J connectivity index is 1.81. The van der Waals surface area contributed by atoms with E-state index in [1.54, 1.807) is 19.5 Å². The van der Waals surface area contributed by atoms with Gasteiger partial charge < -0.3 is 9.84 Å². The number of nitrogens with zero attached hydrogens (tertiary/aromatic N) is 3. The summed E-state index contributed by atoms with van der Waals surface area (Å²) in [6, 6.07) is 13.1. The molecule has 160 valence electrons. The molecule has 4 aromatic rings. The minimum absolute atomic E-state index is 0.398. The second-order valence-corrected chi connectivity index (χ2v) is 7.77. The second-order valence-electron chi connectivity index (χ2n) is 6.96. The number of hydrogen-bond acceptors (Lipinski definition) is 5. The first-order valence-electron chi connectivity index (χ1n) is 9.59. The van der Waals surface area contributed by atoms with Gasteiger partial charge in [0.2, 0.25) is 0 Å². The van der Waals surface area contributed by atoms with Gasteiger partial charge >= 0.3 is 5.97 Å². The summed E-state index contributed by atoms with van der Waals surface area (Å²) >= 11 is 12.6. The molecule has 2 aromatic carbocycles. The standard InChI is InChI=1S/C24H17Cl2N3O3/c1-32-16-7-8-17-18(10-16)24(15-5-2-14(3-6-15)4-9-23(30)31)29-28-22(17)11-19-20(25)12-27-13-21(19)26/h2-10,12-13H,11H2,1H3,(H,30,31). The van der Waals surface area contributed by atoms with Crippen LogP contribution >= 0.6 is 23.2 Å². The average molecular weight is 466 g/mol. The van der Waals surface area contributed by atoms with Crippen LogP contribution in [0.5, 0.6) is 5.75 Å². The van der Waals surface area contributed by atoms with Crippen LogP contribution in [0, 0.1) is 0 Å². The topological polar surface area (TPSA) is 85.2 Å². The minimum atomic E-state index is -0.997. The SMILES string of the molecule is COc1ccc2c(Cc3c(Cl)cncc3Cl)nnc(-c3ccc(C=CC(=O)O)cc3)c2c1. The molecule has 2 heterocycles. The molecule has 0 unspecified atom stereocenters. The fraction of sp³-hybridized carbons (Fsp3) is 0.0833. The zero-order chi connectivity index (χ0) is 22.7. The Kier molecular flexibility index (Phi) is 6.35. The lowest BCUT2D eigenvalue weighted by Gasteiger charge is -2.12. The van der Waals surface area contributed by atoms with Gasteiger partial charge in [0.1, 0.15) is 11.4 Å². The molecule has 0 aliphatic heterocycles. The van der Waals surface area contributed by atoms with Crippen molar-refractivity contribution in [3.8, 4) is 17.0 Å². The molecule has 0 fully saturated rings. The van der Waals surface area contributed by atoms with Crippen LogP contribution in [-0.4, -0.2) is 33.4 Å². The van der Waals surface area contributed by atoms with E-state index in [0.717, 1.165) is 39.2 Å². The number of benzene rings is 2. The third-order valence-corrected chi connectivity index (χ3v) is 5.61. The highest BCUT2D eigenvalue weighted by Gasteiger charge is 2.15. The summed E-state index contributed by atoms with van der Waals surface area (Å²) in [5, 5.41) is 20.5. The summed E-state index contributed by atoms with van der Waals surface area (Å²) in [6.45, 7) is 0. The summed E-state index contributed by atoms with van der Waals surface area (Å²) in [5.74, 6) is -0.304. The van der Waals surface area contributed by atoms with Crippen LogP contribution in [0.1, 0.15) is 16.8 Å². The van der Waals surface area contributed by atoms with Gasteiger partial charge in [-0.2, -0.15) is 5.10 Å². The predicted octanol–water partition coefficient (Wildman–Crippen LogP) is 5.70. The number of carboxylic acids is 1. The Bertz CT molecular complexity index is 1320. The van der Waals surface area contributed by atoms with Crippen molar-refractivity contribution >= 4 is 46.0 Å². The van der Waals surface area contributed by atoms with Crippen LogP contribution in [0.25, 0.3) is 28.1 Å². The van der Waals surface area contributed by atoms with Gasteiger partial charge in [0.05, 0.1) is 22.8 Å². The molecule has 0 saturated carbocycles. The maximum absolute atomic E-state index is 10.7. The monoisotopic (exact) mass is 465 g/mol. The fourth-order valence-electron chi connectivity index (χ4n) is 3.35. The molecule has 8 heteroatoms. The molecule has 6 nitrogen and oxygen atoms in total. The number of pyridine rings is 1. The smallest absolute Gasteiger partial charge is 0.328 e. The number of methoxy groups -OCH3 is 1. The van der Waals surface area contributed by atoms with Crippen LogP contribution < -0.4 is 4.74 Å². The number of aromatic nitrogens is 3. The summed E-state index contributed by atoms with van der Waals surface area (Å²) in [7, 11) is 1.61. The molecule has 4 rings (SSSR count). The first-order valence-corrected chi connectivity index (χ1v) is 10.3. The number of rotatable bonds is 6. The highest BCUT2D eigenvalue weighted by molar-refractivity contribution is 6.35. The Morgan fingerprint density at radius 3 is 2.41 bits per heavy atom. The van der Waals surface area contributed by atoms with Crippen molar-refractivity contribution < 1.29 is 14.6 Å². The molecular formula is C24H17Cl2N3O3. The number of halogens is 2. The van der Waals surface area contributed by atoms with Crippen LogP contribution in [-0.2, 0) is 11.2 Å². The molecule has 0 spiro atoms. The molecule has 32 heavy (non-hydrogen) atoms. The first kappa shape index (κ1) is 21.7. The molecule has 0 aliphatic carbocycles. The first-order chi connectivity index (χ1) is 15.5. The molecule has 0 atom stereocenters. The molecular weight excluding hydrogens is 449 g/mol. The van der Waals surface area contributed by atoms with Crippen molar-refractivity contribution in [2.45, 2.75) is 6.42 Å². The van der Waals surface area contributed by atoms with Crippen molar-refractivity contribution in [1.29, 1.82) is 0 Å². The van der Waals surface area contributed by atoms with Gasteiger partial charge in [0.15, 0.2) is 0 Å². The number of ether oxygens (including phenoxy) is 1. The minimum Gasteiger partial charge on any atom is -0.497 e. The van der Waals surface area contributed by atoms with Crippen LogP contribution in [0.15, 0.2) is 60.9 Å². The lowest BCUT2D eigenvalue weighted by Crippen LogP contribution is -2.01. The van der Waals surface area contributed by atoms with Crippen molar-refractivity contribution in [3.05, 3.63) is 87.8 Å². The lowest BCUT2D eigenvalue weighted by molar-refractivity contribution is -0.131. The molecule has 2 aromatic heterocycles. The van der Waals surface area contributed by atoms with E-state index in [2.05, 4.69) is 15.2 Å². The predicted molar refractivity (Wildman–Crippen MR) is 125 cm³/mol. The Labute approximate surface area is 194 Å². The van der Waals surface area contributed by atoms with Crippen LogP contribution in [0.2, 0.25) is 10.0 Å². The van der Waals surface area contributed by atoms with E-state index < -0.39 is 5.97 Å². The van der Waals surface area contributed by atoms with E-state index in [-0.39, 0.29) is 0 Å². The van der Waals surface area contributed by atoms with Crippen LogP contribution in [0.3, 0.4) is 0 Å². The van der Waals surface area contributed by atoms with E-state index in [1.807, 2.05) is 42.5 Å². The third kappa shape index (κ3) is 4.56.